The van der Waals surface area contributed by atoms with Crippen molar-refractivity contribution in [2.24, 2.45) is 5.73 Å². The van der Waals surface area contributed by atoms with E-state index in [0.29, 0.717) is 18.7 Å². The summed E-state index contributed by atoms with van der Waals surface area (Å²) in [4.78, 5) is 14.6. The molecule has 2 aromatic rings. The Morgan fingerprint density at radius 3 is 2.71 bits per heavy atom. The van der Waals surface area contributed by atoms with E-state index in [1.165, 1.54) is 6.33 Å². The molecule has 130 valence electrons. The molecule has 2 atom stereocenters. The van der Waals surface area contributed by atoms with Gasteiger partial charge in [0.1, 0.15) is 6.33 Å². The van der Waals surface area contributed by atoms with Crippen LogP contribution >= 0.6 is 12.4 Å². The lowest BCUT2D eigenvalue weighted by Crippen LogP contribution is -2.51. The average molecular weight is 353 g/mol. The van der Waals surface area contributed by atoms with Crippen molar-refractivity contribution in [3.8, 4) is 5.69 Å². The van der Waals surface area contributed by atoms with E-state index in [1.54, 1.807) is 23.9 Å². The maximum Gasteiger partial charge on any atom is 0.254 e. The molecule has 1 amide bonds. The number of tetrazole rings is 1. The van der Waals surface area contributed by atoms with Crippen LogP contribution in [0.2, 0.25) is 0 Å². The summed E-state index contributed by atoms with van der Waals surface area (Å²) in [5.41, 5.74) is 7.28. The predicted molar refractivity (Wildman–Crippen MR) is 90.3 cm³/mol. The van der Waals surface area contributed by atoms with E-state index in [2.05, 4.69) is 15.5 Å². The van der Waals surface area contributed by atoms with Crippen LogP contribution in [0.3, 0.4) is 0 Å². The van der Waals surface area contributed by atoms with Gasteiger partial charge in [0, 0.05) is 31.8 Å². The number of halogens is 1. The SMILES string of the molecule is COC1CCN(C(=O)c2ccc(-n3cnnn3)cc2)C(CN)C1.Cl. The van der Waals surface area contributed by atoms with Gasteiger partial charge in [0.05, 0.1) is 11.8 Å². The first-order valence-electron chi connectivity index (χ1n) is 7.60. The number of ether oxygens (including phenoxy) is 1. The molecule has 8 nitrogen and oxygen atoms in total. The molecule has 1 aromatic heterocycles. The van der Waals surface area contributed by atoms with Crippen molar-refractivity contribution in [2.75, 3.05) is 20.2 Å². The number of methoxy groups -OCH3 is 1. The zero-order chi connectivity index (χ0) is 16.2. The van der Waals surface area contributed by atoms with Crippen LogP contribution < -0.4 is 5.73 Å². The van der Waals surface area contributed by atoms with Gasteiger partial charge in [0.15, 0.2) is 0 Å². The van der Waals surface area contributed by atoms with E-state index in [0.717, 1.165) is 18.5 Å². The fourth-order valence-electron chi connectivity index (χ4n) is 2.92. The first kappa shape index (κ1) is 18.3. The summed E-state index contributed by atoms with van der Waals surface area (Å²) in [5, 5.41) is 11.0. The number of piperidine rings is 1. The molecule has 9 heteroatoms. The second-order valence-electron chi connectivity index (χ2n) is 5.57. The van der Waals surface area contributed by atoms with Crippen LogP contribution in [0.1, 0.15) is 23.2 Å². The number of likely N-dealkylation sites (tertiary alicyclic amines) is 1. The molecule has 1 aliphatic rings. The third kappa shape index (κ3) is 3.72. The molecule has 0 aliphatic carbocycles. The monoisotopic (exact) mass is 352 g/mol. The number of hydrogen-bond donors (Lipinski definition) is 1. The summed E-state index contributed by atoms with van der Waals surface area (Å²) in [6.07, 6.45) is 3.30. The van der Waals surface area contributed by atoms with Crippen molar-refractivity contribution in [2.45, 2.75) is 25.0 Å². The molecule has 2 unspecified atom stereocenters. The zero-order valence-electron chi connectivity index (χ0n) is 13.4. The van der Waals surface area contributed by atoms with Crippen molar-refractivity contribution in [3.05, 3.63) is 36.2 Å². The minimum absolute atomic E-state index is 0. The first-order chi connectivity index (χ1) is 11.2. The molecule has 0 spiro atoms. The molecule has 1 aromatic carbocycles. The Hall–Kier alpha value is -2.03. The standard InChI is InChI=1S/C15H20N6O2.ClH/c1-23-14-6-7-20(13(8-14)9-16)15(22)11-2-4-12(5-3-11)21-10-17-18-19-21;/h2-5,10,13-14H,6-9,16H2,1H3;1H. The van der Waals surface area contributed by atoms with Crippen molar-refractivity contribution in [1.29, 1.82) is 0 Å². The summed E-state index contributed by atoms with van der Waals surface area (Å²) in [5.74, 6) is -0.00160. The smallest absolute Gasteiger partial charge is 0.254 e. The quantitative estimate of drug-likeness (QED) is 0.867. The molecule has 3 rings (SSSR count). The number of carbonyl (C=O) groups excluding carboxylic acids is 1. The Balaban J connectivity index is 0.00000208. The number of nitrogens with zero attached hydrogens (tertiary/aromatic N) is 5. The molecule has 0 saturated carbocycles. The van der Waals surface area contributed by atoms with Crippen molar-refractivity contribution in [1.82, 2.24) is 25.1 Å². The van der Waals surface area contributed by atoms with Gasteiger partial charge in [-0.2, -0.15) is 0 Å². The van der Waals surface area contributed by atoms with Crippen LogP contribution in [-0.2, 0) is 4.74 Å². The summed E-state index contributed by atoms with van der Waals surface area (Å²) in [7, 11) is 1.70. The zero-order valence-corrected chi connectivity index (χ0v) is 14.2. The van der Waals surface area contributed by atoms with Gasteiger partial charge in [-0.25, -0.2) is 4.68 Å². The highest BCUT2D eigenvalue weighted by Gasteiger charge is 2.31. The maximum absolute atomic E-state index is 12.7. The average Bonchev–Trinajstić information content (AvgIpc) is 3.15. The number of hydrogen-bond acceptors (Lipinski definition) is 6. The fourth-order valence-corrected chi connectivity index (χ4v) is 2.92. The third-order valence-corrected chi connectivity index (χ3v) is 4.26. The van der Waals surface area contributed by atoms with E-state index >= 15 is 0 Å². The van der Waals surface area contributed by atoms with E-state index in [4.69, 9.17) is 10.5 Å². The Labute approximate surface area is 146 Å². The molecule has 0 radical (unpaired) electrons. The van der Waals surface area contributed by atoms with Gasteiger partial charge in [-0.15, -0.1) is 17.5 Å². The molecular formula is C15H21ClN6O2. The third-order valence-electron chi connectivity index (χ3n) is 4.26. The summed E-state index contributed by atoms with van der Waals surface area (Å²) < 4.78 is 6.94. The van der Waals surface area contributed by atoms with Crippen LogP contribution in [0.5, 0.6) is 0 Å². The van der Waals surface area contributed by atoms with Crippen LogP contribution in [-0.4, -0.2) is 63.4 Å². The van der Waals surface area contributed by atoms with Gasteiger partial charge in [-0.1, -0.05) is 0 Å². The maximum atomic E-state index is 12.7. The Bertz CT molecular complexity index is 648. The predicted octanol–water partition coefficient (Wildman–Crippen LogP) is 0.662. The first-order valence-corrected chi connectivity index (χ1v) is 7.60. The molecule has 0 bridgehead atoms. The molecule has 1 aliphatic heterocycles. The summed E-state index contributed by atoms with van der Waals surface area (Å²) >= 11 is 0. The van der Waals surface area contributed by atoms with Gasteiger partial charge in [0.2, 0.25) is 0 Å². The number of amides is 1. The second kappa shape index (κ2) is 8.18. The van der Waals surface area contributed by atoms with Gasteiger partial charge in [-0.3, -0.25) is 4.79 Å². The van der Waals surface area contributed by atoms with E-state index in [9.17, 15) is 4.79 Å². The van der Waals surface area contributed by atoms with Gasteiger partial charge in [0.25, 0.3) is 5.91 Å². The van der Waals surface area contributed by atoms with E-state index in [-0.39, 0.29) is 30.5 Å². The molecule has 1 saturated heterocycles. The van der Waals surface area contributed by atoms with Gasteiger partial charge >= 0.3 is 0 Å². The summed E-state index contributed by atoms with van der Waals surface area (Å²) in [6.45, 7) is 1.10. The molecule has 1 fully saturated rings. The highest BCUT2D eigenvalue weighted by molar-refractivity contribution is 5.94. The Morgan fingerprint density at radius 2 is 2.12 bits per heavy atom. The number of aromatic nitrogens is 4. The lowest BCUT2D eigenvalue weighted by atomic mass is 9.98. The second-order valence-corrected chi connectivity index (χ2v) is 5.57. The molecule has 24 heavy (non-hydrogen) atoms. The Morgan fingerprint density at radius 1 is 1.38 bits per heavy atom. The topological polar surface area (TPSA) is 99.2 Å². The van der Waals surface area contributed by atoms with Crippen molar-refractivity contribution in [3.63, 3.8) is 0 Å². The van der Waals surface area contributed by atoms with Crippen LogP contribution in [0.4, 0.5) is 0 Å². The summed E-state index contributed by atoms with van der Waals surface area (Å²) in [6, 6.07) is 7.23. The molecule has 2 heterocycles. The fraction of sp³-hybridized carbons (Fsp3) is 0.467. The normalized spacial score (nSPS) is 20.5. The minimum Gasteiger partial charge on any atom is -0.381 e. The van der Waals surface area contributed by atoms with E-state index < -0.39 is 0 Å². The number of carbonyl (C=O) groups is 1. The lowest BCUT2D eigenvalue weighted by molar-refractivity contribution is 0.0139. The van der Waals surface area contributed by atoms with Gasteiger partial charge in [-0.05, 0) is 47.5 Å². The molecule has 2 N–H and O–H groups in total. The lowest BCUT2D eigenvalue weighted by Gasteiger charge is -2.38. The Kier molecular flexibility index (Phi) is 6.24. The highest BCUT2D eigenvalue weighted by Crippen LogP contribution is 2.21. The number of benzene rings is 1. The van der Waals surface area contributed by atoms with Crippen LogP contribution in [0.15, 0.2) is 30.6 Å². The van der Waals surface area contributed by atoms with Crippen molar-refractivity contribution < 1.29 is 9.53 Å². The van der Waals surface area contributed by atoms with Gasteiger partial charge < -0.3 is 15.4 Å². The number of rotatable bonds is 4. The highest BCUT2D eigenvalue weighted by atomic mass is 35.5. The van der Waals surface area contributed by atoms with Crippen molar-refractivity contribution >= 4 is 18.3 Å². The molecular weight excluding hydrogens is 332 g/mol. The van der Waals surface area contributed by atoms with Crippen LogP contribution in [0, 0.1) is 0 Å². The van der Waals surface area contributed by atoms with E-state index in [1.807, 2.05) is 17.0 Å². The largest absolute Gasteiger partial charge is 0.381 e. The van der Waals surface area contributed by atoms with Crippen LogP contribution in [0.25, 0.3) is 5.69 Å². The number of nitrogens with two attached hydrogens (primary N) is 1. The minimum atomic E-state index is -0.00160.